The molecular weight excluding hydrogens is 560 g/mol. The maximum absolute atomic E-state index is 13.2. The zero-order chi connectivity index (χ0) is 28.8. The van der Waals surface area contributed by atoms with E-state index in [9.17, 15) is 29.4 Å². The SMILES string of the molecule is CCCCNC(=O)CCC(Sc1nnn[nH]1)C1=C(C(=O)O)N2C(=O)C(NC(=O)C(N)c3ccc(O)cc3)[C@@H]2SC1. The van der Waals surface area contributed by atoms with Crippen LogP contribution in [-0.2, 0) is 19.2 Å². The molecule has 4 rings (SSSR count). The molecule has 214 valence electrons. The number of hydrogen-bond donors (Lipinski definition) is 6. The lowest BCUT2D eigenvalue weighted by molar-refractivity contribution is -0.150. The summed E-state index contributed by atoms with van der Waals surface area (Å²) in [4.78, 5) is 52.0. The van der Waals surface area contributed by atoms with Gasteiger partial charge in [-0.25, -0.2) is 9.89 Å². The number of carbonyl (C=O) groups excluding carboxylic acids is 3. The fourth-order valence-electron chi connectivity index (χ4n) is 4.36. The topological polar surface area (TPSA) is 217 Å². The molecule has 1 aromatic carbocycles. The molecule has 3 unspecified atom stereocenters. The second-order valence-corrected chi connectivity index (χ2v) is 11.5. The van der Waals surface area contributed by atoms with Crippen molar-refractivity contribution in [2.75, 3.05) is 12.3 Å². The number of aromatic amines is 1. The predicted octanol–water partition coefficient (Wildman–Crippen LogP) is 0.501. The van der Waals surface area contributed by atoms with Gasteiger partial charge in [0.25, 0.3) is 5.91 Å². The van der Waals surface area contributed by atoms with Crippen LogP contribution < -0.4 is 16.4 Å². The number of nitrogens with one attached hydrogen (secondary N) is 3. The Morgan fingerprint density at radius 1 is 1.30 bits per heavy atom. The first kappa shape index (κ1) is 29.4. The van der Waals surface area contributed by atoms with Gasteiger partial charge in [0, 0.05) is 24.0 Å². The van der Waals surface area contributed by atoms with Gasteiger partial charge in [0.1, 0.15) is 28.9 Å². The van der Waals surface area contributed by atoms with Gasteiger partial charge in [-0.15, -0.1) is 16.9 Å². The van der Waals surface area contributed by atoms with E-state index in [1.54, 1.807) is 0 Å². The molecule has 4 atom stereocenters. The van der Waals surface area contributed by atoms with E-state index in [2.05, 4.69) is 31.3 Å². The van der Waals surface area contributed by atoms with Crippen LogP contribution in [0, 0.1) is 0 Å². The number of hydrogen-bond acceptors (Lipinski definition) is 11. The van der Waals surface area contributed by atoms with Gasteiger partial charge in [0.2, 0.25) is 17.0 Å². The number of unbranched alkanes of at least 4 members (excludes halogenated alkanes) is 1. The standard InChI is InChI=1S/C24H30N8O6S2/c1-2-3-10-26-16(34)9-8-15(40-24-28-30-31-29-24)14-11-39-22-18(21(36)32(22)19(14)23(37)38)27-20(35)17(25)12-4-6-13(33)7-5-12/h4-7,15,17-18,22,33H,2-3,8-11,25H2,1H3,(H,26,34)(H,27,35)(H,37,38)(H,28,29,30,31)/t15?,17?,18?,22-/m0/s1. The number of tetrazole rings is 1. The summed E-state index contributed by atoms with van der Waals surface area (Å²) in [5, 5.41) is 38.0. The van der Waals surface area contributed by atoms with Crippen molar-refractivity contribution >= 4 is 47.2 Å². The average molecular weight is 591 g/mol. The summed E-state index contributed by atoms with van der Waals surface area (Å²) in [5.74, 6) is -2.33. The number of aliphatic carboxylic acids is 1. The molecule has 3 heterocycles. The normalized spacial score (nSPS) is 19.9. The number of phenolic OH excluding ortho intramolecular Hbond substituents is 1. The number of phenols is 1. The van der Waals surface area contributed by atoms with Crippen molar-refractivity contribution in [2.45, 2.75) is 60.5 Å². The lowest BCUT2D eigenvalue weighted by atomic mass is 9.99. The van der Waals surface area contributed by atoms with Crippen LogP contribution in [-0.4, -0.2) is 88.4 Å². The monoisotopic (exact) mass is 590 g/mol. The second-order valence-electron chi connectivity index (χ2n) is 9.20. The number of fused-ring (bicyclic) bond motifs is 1. The van der Waals surface area contributed by atoms with Crippen LogP contribution in [0.5, 0.6) is 5.75 Å². The molecule has 0 radical (unpaired) electrons. The van der Waals surface area contributed by atoms with Crippen LogP contribution in [0.25, 0.3) is 0 Å². The average Bonchev–Trinajstić information content (AvgIpc) is 3.46. The molecule has 16 heteroatoms. The molecule has 0 saturated carbocycles. The Morgan fingerprint density at radius 2 is 2.05 bits per heavy atom. The third kappa shape index (κ3) is 6.56. The van der Waals surface area contributed by atoms with Crippen molar-refractivity contribution in [1.29, 1.82) is 0 Å². The Labute approximate surface area is 237 Å². The van der Waals surface area contributed by atoms with E-state index in [-0.39, 0.29) is 29.5 Å². The number of thioether (sulfide) groups is 2. The molecule has 2 aliphatic rings. The van der Waals surface area contributed by atoms with E-state index < -0.39 is 40.5 Å². The van der Waals surface area contributed by atoms with Crippen LogP contribution in [0.15, 0.2) is 40.7 Å². The minimum absolute atomic E-state index is 0.0248. The van der Waals surface area contributed by atoms with Gasteiger partial charge in [-0.05, 0) is 46.5 Å². The number of amides is 3. The molecule has 0 aliphatic carbocycles. The van der Waals surface area contributed by atoms with E-state index in [4.69, 9.17) is 5.73 Å². The highest BCUT2D eigenvalue weighted by Gasteiger charge is 2.55. The van der Waals surface area contributed by atoms with Gasteiger partial charge in [-0.2, -0.15) is 0 Å². The highest BCUT2D eigenvalue weighted by molar-refractivity contribution is 8.01. The lowest BCUT2D eigenvalue weighted by Crippen LogP contribution is -2.71. The number of H-pyrrole nitrogens is 1. The van der Waals surface area contributed by atoms with Gasteiger partial charge < -0.3 is 26.6 Å². The Hall–Kier alpha value is -3.63. The molecule has 1 fully saturated rings. The molecule has 40 heavy (non-hydrogen) atoms. The Bertz CT molecular complexity index is 1270. The molecule has 1 saturated heterocycles. The number of aromatic nitrogens is 4. The van der Waals surface area contributed by atoms with E-state index in [0.29, 0.717) is 29.3 Å². The molecule has 3 amide bonds. The highest BCUT2D eigenvalue weighted by atomic mass is 32.2. The zero-order valence-corrected chi connectivity index (χ0v) is 23.2. The van der Waals surface area contributed by atoms with Gasteiger partial charge in [0.05, 0.1) is 0 Å². The van der Waals surface area contributed by atoms with Crippen LogP contribution in [0.1, 0.15) is 44.2 Å². The quantitative estimate of drug-likeness (QED) is 0.107. The summed E-state index contributed by atoms with van der Waals surface area (Å²) < 4.78 is 0. The molecule has 0 bridgehead atoms. The number of benzene rings is 1. The number of aromatic hydroxyl groups is 1. The van der Waals surface area contributed by atoms with Gasteiger partial charge in [0.15, 0.2) is 0 Å². The first-order valence-electron chi connectivity index (χ1n) is 12.6. The summed E-state index contributed by atoms with van der Waals surface area (Å²) >= 11 is 2.50. The highest BCUT2D eigenvalue weighted by Crippen LogP contribution is 2.44. The molecule has 14 nitrogen and oxygen atoms in total. The minimum atomic E-state index is -1.28. The number of carboxylic acid groups (broad SMARTS) is 1. The van der Waals surface area contributed by atoms with Crippen LogP contribution in [0.3, 0.4) is 0 Å². The Balaban J connectivity index is 1.50. The van der Waals surface area contributed by atoms with Gasteiger partial charge >= 0.3 is 5.97 Å². The van der Waals surface area contributed by atoms with Crippen molar-refractivity contribution in [3.63, 3.8) is 0 Å². The summed E-state index contributed by atoms with van der Waals surface area (Å²) in [6, 6.07) is 3.78. The third-order valence-electron chi connectivity index (χ3n) is 6.49. The second kappa shape index (κ2) is 13.1. The molecule has 7 N–H and O–H groups in total. The summed E-state index contributed by atoms with van der Waals surface area (Å²) in [5.41, 5.74) is 6.79. The van der Waals surface area contributed by atoms with E-state index in [0.717, 1.165) is 12.8 Å². The van der Waals surface area contributed by atoms with E-state index >= 15 is 0 Å². The number of carbonyl (C=O) groups is 4. The van der Waals surface area contributed by atoms with Crippen molar-refractivity contribution in [3.8, 4) is 5.75 Å². The van der Waals surface area contributed by atoms with Crippen LogP contribution in [0.2, 0.25) is 0 Å². The van der Waals surface area contributed by atoms with Gasteiger partial charge in [-0.3, -0.25) is 19.3 Å². The molecule has 2 aliphatic heterocycles. The van der Waals surface area contributed by atoms with Crippen molar-refractivity contribution in [3.05, 3.63) is 41.1 Å². The summed E-state index contributed by atoms with van der Waals surface area (Å²) in [7, 11) is 0. The largest absolute Gasteiger partial charge is 0.508 e. The lowest BCUT2D eigenvalue weighted by Gasteiger charge is -2.50. The van der Waals surface area contributed by atoms with E-state index in [1.807, 2.05) is 6.92 Å². The fourth-order valence-corrected chi connectivity index (χ4v) is 6.91. The third-order valence-corrected chi connectivity index (χ3v) is 8.99. The number of β-lactam (4-membered cyclic amide) rings is 1. The zero-order valence-electron chi connectivity index (χ0n) is 21.6. The molecule has 0 spiro atoms. The molecule has 1 aromatic heterocycles. The first-order valence-corrected chi connectivity index (χ1v) is 14.6. The van der Waals surface area contributed by atoms with Crippen molar-refractivity contribution < 1.29 is 29.4 Å². The summed E-state index contributed by atoms with van der Waals surface area (Å²) in [6.07, 6.45) is 2.24. The van der Waals surface area contributed by atoms with Crippen LogP contribution >= 0.6 is 23.5 Å². The number of nitrogens with zero attached hydrogens (tertiary/aromatic N) is 4. The summed E-state index contributed by atoms with van der Waals surface area (Å²) in [6.45, 7) is 2.58. The minimum Gasteiger partial charge on any atom is -0.508 e. The molecule has 2 aromatic rings. The van der Waals surface area contributed by atoms with Gasteiger partial charge in [-0.1, -0.05) is 37.2 Å². The first-order chi connectivity index (χ1) is 19.2. The predicted molar refractivity (Wildman–Crippen MR) is 146 cm³/mol. The van der Waals surface area contributed by atoms with Crippen LogP contribution in [0.4, 0.5) is 0 Å². The molecular formula is C24H30N8O6S2. The Kier molecular flexibility index (Phi) is 9.65. The smallest absolute Gasteiger partial charge is 0.352 e. The number of nitrogens with two attached hydrogens (primary N) is 1. The maximum Gasteiger partial charge on any atom is 0.352 e. The Morgan fingerprint density at radius 3 is 2.70 bits per heavy atom. The van der Waals surface area contributed by atoms with Crippen molar-refractivity contribution in [2.24, 2.45) is 5.73 Å². The number of carboxylic acids is 1. The fraction of sp³-hybridized carbons (Fsp3) is 0.458. The van der Waals surface area contributed by atoms with Crippen molar-refractivity contribution in [1.82, 2.24) is 36.2 Å². The maximum atomic E-state index is 13.2. The van der Waals surface area contributed by atoms with E-state index in [1.165, 1.54) is 52.7 Å². The number of rotatable bonds is 13.